The molecule has 1 rings (SSSR count). The molecule has 1 aliphatic heterocycles. The van der Waals surface area contributed by atoms with Crippen LogP contribution in [0.25, 0.3) is 0 Å². The summed E-state index contributed by atoms with van der Waals surface area (Å²) < 4.78 is 26.4. The van der Waals surface area contributed by atoms with Crippen LogP contribution < -0.4 is 0 Å². The van der Waals surface area contributed by atoms with Gasteiger partial charge in [0.05, 0.1) is 11.7 Å². The average molecular weight is 227 g/mol. The van der Waals surface area contributed by atoms with Gasteiger partial charge in [0.1, 0.15) is 0 Å². The second kappa shape index (κ2) is 4.35. The molecule has 1 atom stereocenters. The molecule has 6 heteroatoms. The van der Waals surface area contributed by atoms with Crippen molar-refractivity contribution in [2.24, 2.45) is 0 Å². The molecule has 0 aromatic heterocycles. The van der Waals surface area contributed by atoms with Crippen molar-refractivity contribution in [3.8, 4) is 0 Å². The summed E-state index contributed by atoms with van der Waals surface area (Å²) in [6.07, 6.45) is 1.66. The predicted octanol–water partition coefficient (Wildman–Crippen LogP) is 0.882. The molecule has 0 saturated carbocycles. The van der Waals surface area contributed by atoms with Gasteiger partial charge in [-0.3, -0.25) is 4.79 Å². The van der Waals surface area contributed by atoms with Crippen LogP contribution >= 0.6 is 0 Å². The van der Waals surface area contributed by atoms with E-state index in [1.165, 1.54) is 6.08 Å². The number of rotatable bonds is 3. The summed E-state index contributed by atoms with van der Waals surface area (Å²) in [5.41, 5.74) is -0.716. The first-order valence-electron chi connectivity index (χ1n) is 4.94. The number of amides is 1. The van der Waals surface area contributed by atoms with Gasteiger partial charge >= 0.3 is 5.92 Å². The first-order chi connectivity index (χ1) is 7.25. The van der Waals surface area contributed by atoms with Crippen LogP contribution in [0.15, 0.2) is 12.2 Å². The lowest BCUT2D eigenvalue weighted by Crippen LogP contribution is -2.40. The molecule has 0 aromatic carbocycles. The van der Waals surface area contributed by atoms with Crippen molar-refractivity contribution in [2.45, 2.75) is 38.3 Å². The number of carbonyl (C=O) groups excluding carboxylic acids is 2. The predicted molar refractivity (Wildman–Crippen MR) is 55.2 cm³/mol. The zero-order chi connectivity index (χ0) is 12.5. The number of alkyl halides is 2. The molecular formula is C10H12BF2NO2. The molecule has 1 heterocycles. The fraction of sp³-hybridized carbons (Fsp3) is 0.600. The van der Waals surface area contributed by atoms with E-state index in [2.05, 4.69) is 0 Å². The van der Waals surface area contributed by atoms with Gasteiger partial charge in [0, 0.05) is 12.5 Å². The molecule has 3 nitrogen and oxygen atoms in total. The summed E-state index contributed by atoms with van der Waals surface area (Å²) in [5.74, 6) is -4.54. The van der Waals surface area contributed by atoms with E-state index in [1.807, 2.05) is 0 Å². The number of allylic oxidation sites excluding steroid dienone is 1. The summed E-state index contributed by atoms with van der Waals surface area (Å²) in [7, 11) is 4.88. The van der Waals surface area contributed by atoms with Crippen molar-refractivity contribution in [3.63, 3.8) is 0 Å². The van der Waals surface area contributed by atoms with Gasteiger partial charge in [-0.15, -0.1) is 0 Å². The smallest absolute Gasteiger partial charge is 0.327 e. The minimum absolute atomic E-state index is 0.344. The van der Waals surface area contributed by atoms with E-state index in [0.29, 0.717) is 0 Å². The molecule has 0 bridgehead atoms. The number of nitrogens with zero attached hydrogens (tertiary/aromatic N) is 1. The fourth-order valence-electron chi connectivity index (χ4n) is 1.77. The molecule has 0 aromatic rings. The Morgan fingerprint density at radius 3 is 2.62 bits per heavy atom. The van der Waals surface area contributed by atoms with Crippen molar-refractivity contribution in [1.82, 2.24) is 4.90 Å². The maximum atomic E-state index is 13.2. The van der Waals surface area contributed by atoms with E-state index in [4.69, 9.17) is 7.85 Å². The highest BCUT2D eigenvalue weighted by molar-refractivity contribution is 6.60. The quantitative estimate of drug-likeness (QED) is 0.530. The first kappa shape index (κ1) is 12.9. The molecule has 2 radical (unpaired) electrons. The van der Waals surface area contributed by atoms with Crippen LogP contribution in [-0.2, 0) is 9.59 Å². The minimum atomic E-state index is -3.35. The standard InChI is InChI=1S/C10H12BF2NO2/c1-6(2)14-7(3-4-8(11)15)5-10(12,13)9(14)16/h3-4,6-7H,5H2,1-2H3. The summed E-state index contributed by atoms with van der Waals surface area (Å²) in [6, 6.07) is -1.11. The molecule has 86 valence electrons. The number of hydrogen-bond acceptors (Lipinski definition) is 2. The summed E-state index contributed by atoms with van der Waals surface area (Å²) in [6.45, 7) is 3.29. The second-order valence-electron chi connectivity index (χ2n) is 4.04. The highest BCUT2D eigenvalue weighted by Gasteiger charge is 2.53. The summed E-state index contributed by atoms with van der Waals surface area (Å²) >= 11 is 0. The van der Waals surface area contributed by atoms with Crippen LogP contribution in [0.2, 0.25) is 0 Å². The Kier molecular flexibility index (Phi) is 3.50. The van der Waals surface area contributed by atoms with Gasteiger partial charge in [-0.2, -0.15) is 8.78 Å². The number of hydrogen-bond donors (Lipinski definition) is 0. The van der Waals surface area contributed by atoms with Crippen molar-refractivity contribution in [2.75, 3.05) is 0 Å². The van der Waals surface area contributed by atoms with E-state index in [0.717, 1.165) is 11.0 Å². The Morgan fingerprint density at radius 1 is 1.62 bits per heavy atom. The Labute approximate surface area is 93.9 Å². The molecule has 1 amide bonds. The largest absolute Gasteiger partial charge is 0.328 e. The molecule has 1 unspecified atom stereocenters. The minimum Gasteiger partial charge on any atom is -0.328 e. The fourth-order valence-corrected chi connectivity index (χ4v) is 1.77. The maximum Gasteiger partial charge on any atom is 0.327 e. The lowest BCUT2D eigenvalue weighted by Gasteiger charge is -2.25. The Hall–Kier alpha value is -1.20. The highest BCUT2D eigenvalue weighted by atomic mass is 19.3. The monoisotopic (exact) mass is 227 g/mol. The van der Waals surface area contributed by atoms with Crippen LogP contribution in [0.1, 0.15) is 20.3 Å². The van der Waals surface area contributed by atoms with Crippen molar-refractivity contribution in [1.29, 1.82) is 0 Å². The Bertz CT molecular complexity index is 342. The molecule has 0 aliphatic carbocycles. The van der Waals surface area contributed by atoms with Gasteiger partial charge in [0.25, 0.3) is 5.91 Å². The average Bonchev–Trinajstić information content (AvgIpc) is 2.34. The SMILES string of the molecule is [B]C(=O)C=CC1CC(F)(F)C(=O)N1C(C)C. The molecule has 16 heavy (non-hydrogen) atoms. The van der Waals surface area contributed by atoms with Gasteiger partial charge in [-0.05, 0) is 19.9 Å². The van der Waals surface area contributed by atoms with E-state index in [1.54, 1.807) is 13.8 Å². The Balaban J connectivity index is 2.92. The van der Waals surface area contributed by atoms with Crippen LogP contribution in [-0.4, -0.2) is 42.3 Å². The maximum absolute atomic E-state index is 13.2. The zero-order valence-electron chi connectivity index (χ0n) is 9.11. The van der Waals surface area contributed by atoms with Gasteiger partial charge in [0.2, 0.25) is 0 Å². The highest BCUT2D eigenvalue weighted by Crippen LogP contribution is 2.35. The lowest BCUT2D eigenvalue weighted by atomic mass is 10.0. The molecule has 0 N–H and O–H groups in total. The number of halogens is 2. The molecule has 1 fully saturated rings. The van der Waals surface area contributed by atoms with Gasteiger partial charge in [-0.1, -0.05) is 6.08 Å². The van der Waals surface area contributed by atoms with Crippen LogP contribution in [0, 0.1) is 0 Å². The third-order valence-electron chi connectivity index (χ3n) is 2.41. The number of likely N-dealkylation sites (tertiary alicyclic amines) is 1. The van der Waals surface area contributed by atoms with E-state index in [9.17, 15) is 18.4 Å². The topological polar surface area (TPSA) is 37.4 Å². The zero-order valence-corrected chi connectivity index (χ0v) is 9.11. The number of carbonyl (C=O) groups is 2. The van der Waals surface area contributed by atoms with Crippen molar-refractivity contribution < 1.29 is 18.4 Å². The van der Waals surface area contributed by atoms with Gasteiger partial charge in [-0.25, -0.2) is 0 Å². The van der Waals surface area contributed by atoms with Gasteiger partial charge < -0.3 is 9.69 Å². The second-order valence-corrected chi connectivity index (χ2v) is 4.04. The molecule has 1 aliphatic rings. The van der Waals surface area contributed by atoms with Crippen LogP contribution in [0.3, 0.4) is 0 Å². The van der Waals surface area contributed by atoms with E-state index < -0.39 is 30.0 Å². The Morgan fingerprint density at radius 2 is 2.19 bits per heavy atom. The van der Waals surface area contributed by atoms with Gasteiger partial charge in [0.15, 0.2) is 7.85 Å². The lowest BCUT2D eigenvalue weighted by molar-refractivity contribution is -0.149. The van der Waals surface area contributed by atoms with E-state index in [-0.39, 0.29) is 6.04 Å². The van der Waals surface area contributed by atoms with E-state index >= 15 is 0 Å². The summed E-state index contributed by atoms with van der Waals surface area (Å²) in [4.78, 5) is 22.9. The first-order valence-corrected chi connectivity index (χ1v) is 4.94. The van der Waals surface area contributed by atoms with Crippen LogP contribution in [0.5, 0.6) is 0 Å². The summed E-state index contributed by atoms with van der Waals surface area (Å²) in [5, 5.41) is 0. The van der Waals surface area contributed by atoms with Crippen molar-refractivity contribution in [3.05, 3.63) is 12.2 Å². The molecule has 1 saturated heterocycles. The molecular weight excluding hydrogens is 215 g/mol. The molecule has 0 spiro atoms. The van der Waals surface area contributed by atoms with Crippen LogP contribution in [0.4, 0.5) is 8.78 Å². The normalized spacial score (nSPS) is 24.7. The van der Waals surface area contributed by atoms with Crippen molar-refractivity contribution >= 4 is 19.4 Å². The third kappa shape index (κ3) is 2.48. The third-order valence-corrected chi connectivity index (χ3v) is 2.41.